The number of nitrogens with zero attached hydrogens (tertiary/aromatic N) is 1. The molecule has 0 atom stereocenters. The Balaban J connectivity index is 2.03. The molecule has 2 N–H and O–H groups in total. The molecule has 2 aromatic rings. The topological polar surface area (TPSA) is 70.9 Å². The molecule has 0 saturated heterocycles. The molecule has 0 unspecified atom stereocenters. The zero-order valence-electron chi connectivity index (χ0n) is 12.5. The predicted molar refractivity (Wildman–Crippen MR) is 85.4 cm³/mol. The highest BCUT2D eigenvalue weighted by Crippen LogP contribution is 2.13. The lowest BCUT2D eigenvalue weighted by atomic mass is 10.1. The molecule has 0 aliphatic heterocycles. The number of hydrazone groups is 1. The molecule has 2 rings (SSSR count). The average Bonchev–Trinajstić information content (AvgIpc) is 2.53. The molecule has 0 aromatic heterocycles. The number of ether oxygens (including phenoxy) is 1. The summed E-state index contributed by atoms with van der Waals surface area (Å²) in [6, 6.07) is 13.5. The van der Waals surface area contributed by atoms with Crippen molar-refractivity contribution in [3.8, 4) is 11.5 Å². The number of phenolic OH excluding ortho intramolecular Hbond substituents is 1. The van der Waals surface area contributed by atoms with Crippen LogP contribution in [0.5, 0.6) is 11.5 Å². The minimum Gasteiger partial charge on any atom is -0.508 e. The molecule has 114 valence electrons. The summed E-state index contributed by atoms with van der Waals surface area (Å²) in [6.07, 6.45) is 0. The van der Waals surface area contributed by atoms with Crippen molar-refractivity contribution in [2.75, 3.05) is 6.61 Å². The Labute approximate surface area is 129 Å². The average molecular weight is 298 g/mol. The van der Waals surface area contributed by atoms with Crippen molar-refractivity contribution in [1.82, 2.24) is 5.43 Å². The first-order valence-electron chi connectivity index (χ1n) is 6.97. The van der Waals surface area contributed by atoms with E-state index in [1.54, 1.807) is 49.4 Å². The van der Waals surface area contributed by atoms with Gasteiger partial charge in [-0.2, -0.15) is 5.10 Å². The van der Waals surface area contributed by atoms with Gasteiger partial charge in [0.1, 0.15) is 11.5 Å². The standard InChI is InChI=1S/C17H18N2O3/c1-3-22-16-9-7-13(8-10-16)17(21)19-18-12(2)14-5-4-6-15(20)11-14/h4-11,20H,3H2,1-2H3,(H,19,21). The van der Waals surface area contributed by atoms with Crippen molar-refractivity contribution < 1.29 is 14.6 Å². The van der Waals surface area contributed by atoms with Crippen LogP contribution in [0.4, 0.5) is 0 Å². The number of hydrogen-bond acceptors (Lipinski definition) is 4. The van der Waals surface area contributed by atoms with E-state index in [-0.39, 0.29) is 11.7 Å². The highest BCUT2D eigenvalue weighted by atomic mass is 16.5. The Morgan fingerprint density at radius 2 is 1.91 bits per heavy atom. The van der Waals surface area contributed by atoms with Gasteiger partial charge in [-0.05, 0) is 50.2 Å². The Bertz CT molecular complexity index is 679. The molecule has 5 nitrogen and oxygen atoms in total. The van der Waals surface area contributed by atoms with E-state index in [1.807, 2.05) is 13.0 Å². The summed E-state index contributed by atoms with van der Waals surface area (Å²) in [4.78, 5) is 12.0. The van der Waals surface area contributed by atoms with Gasteiger partial charge >= 0.3 is 0 Å². The zero-order chi connectivity index (χ0) is 15.9. The number of rotatable bonds is 5. The maximum atomic E-state index is 12.0. The van der Waals surface area contributed by atoms with E-state index in [1.165, 1.54) is 0 Å². The minimum atomic E-state index is -0.303. The summed E-state index contributed by atoms with van der Waals surface area (Å²) in [5.41, 5.74) is 4.34. The quantitative estimate of drug-likeness (QED) is 0.658. The van der Waals surface area contributed by atoms with Gasteiger partial charge in [0.05, 0.1) is 12.3 Å². The van der Waals surface area contributed by atoms with Crippen LogP contribution in [0.3, 0.4) is 0 Å². The summed E-state index contributed by atoms with van der Waals surface area (Å²) in [5, 5.41) is 13.5. The van der Waals surface area contributed by atoms with Crippen LogP contribution in [0.15, 0.2) is 53.6 Å². The molecule has 0 heterocycles. The predicted octanol–water partition coefficient (Wildman–Crippen LogP) is 2.94. The Hall–Kier alpha value is -2.82. The number of hydrogen-bond donors (Lipinski definition) is 2. The number of benzene rings is 2. The van der Waals surface area contributed by atoms with Gasteiger partial charge in [-0.25, -0.2) is 5.43 Å². The van der Waals surface area contributed by atoms with Gasteiger partial charge in [0.15, 0.2) is 0 Å². The molecule has 0 aliphatic rings. The molecule has 2 aromatic carbocycles. The molecule has 0 fully saturated rings. The van der Waals surface area contributed by atoms with Crippen LogP contribution in [-0.2, 0) is 0 Å². The third-order valence-electron chi connectivity index (χ3n) is 3.02. The number of carbonyl (C=O) groups is 1. The van der Waals surface area contributed by atoms with Gasteiger partial charge in [0.25, 0.3) is 5.91 Å². The molecule has 0 spiro atoms. The molecule has 0 radical (unpaired) electrons. The number of aromatic hydroxyl groups is 1. The highest BCUT2D eigenvalue weighted by molar-refractivity contribution is 6.01. The second-order valence-corrected chi connectivity index (χ2v) is 4.65. The fourth-order valence-electron chi connectivity index (χ4n) is 1.86. The lowest BCUT2D eigenvalue weighted by Gasteiger charge is -2.05. The second-order valence-electron chi connectivity index (χ2n) is 4.65. The van der Waals surface area contributed by atoms with Crippen molar-refractivity contribution >= 4 is 11.6 Å². The number of amides is 1. The molecule has 22 heavy (non-hydrogen) atoms. The van der Waals surface area contributed by atoms with Crippen LogP contribution in [0.1, 0.15) is 29.8 Å². The van der Waals surface area contributed by atoms with Crippen LogP contribution in [-0.4, -0.2) is 23.3 Å². The first-order chi connectivity index (χ1) is 10.6. The largest absolute Gasteiger partial charge is 0.508 e. The smallest absolute Gasteiger partial charge is 0.271 e. The van der Waals surface area contributed by atoms with Crippen LogP contribution >= 0.6 is 0 Å². The van der Waals surface area contributed by atoms with Crippen molar-refractivity contribution in [3.05, 3.63) is 59.7 Å². The van der Waals surface area contributed by atoms with Gasteiger partial charge in [0.2, 0.25) is 0 Å². The maximum absolute atomic E-state index is 12.0. The lowest BCUT2D eigenvalue weighted by molar-refractivity contribution is 0.0955. The van der Waals surface area contributed by atoms with E-state index in [4.69, 9.17) is 4.74 Å². The molecule has 1 amide bonds. The van der Waals surface area contributed by atoms with Gasteiger partial charge in [-0.15, -0.1) is 0 Å². The van der Waals surface area contributed by atoms with Gasteiger partial charge in [-0.3, -0.25) is 4.79 Å². The van der Waals surface area contributed by atoms with Crippen LogP contribution in [0.25, 0.3) is 0 Å². The summed E-state index contributed by atoms with van der Waals surface area (Å²) < 4.78 is 5.32. The fraction of sp³-hybridized carbons (Fsp3) is 0.176. The van der Waals surface area contributed by atoms with Crippen molar-refractivity contribution in [1.29, 1.82) is 0 Å². The maximum Gasteiger partial charge on any atom is 0.271 e. The zero-order valence-corrected chi connectivity index (χ0v) is 12.5. The van der Waals surface area contributed by atoms with Crippen LogP contribution < -0.4 is 10.2 Å². The van der Waals surface area contributed by atoms with Gasteiger partial charge < -0.3 is 9.84 Å². The highest BCUT2D eigenvalue weighted by Gasteiger charge is 2.05. The van der Waals surface area contributed by atoms with Gasteiger partial charge in [-0.1, -0.05) is 12.1 Å². The number of carbonyl (C=O) groups excluding carboxylic acids is 1. The van der Waals surface area contributed by atoms with E-state index in [2.05, 4.69) is 10.5 Å². The molecular formula is C17H18N2O3. The van der Waals surface area contributed by atoms with E-state index in [0.717, 1.165) is 11.3 Å². The van der Waals surface area contributed by atoms with E-state index >= 15 is 0 Å². The van der Waals surface area contributed by atoms with Gasteiger partial charge in [0, 0.05) is 11.1 Å². The summed E-state index contributed by atoms with van der Waals surface area (Å²) >= 11 is 0. The Morgan fingerprint density at radius 3 is 2.55 bits per heavy atom. The van der Waals surface area contributed by atoms with E-state index < -0.39 is 0 Å². The summed E-state index contributed by atoms with van der Waals surface area (Å²) in [5.74, 6) is 0.575. The third-order valence-corrected chi connectivity index (χ3v) is 3.02. The van der Waals surface area contributed by atoms with E-state index in [0.29, 0.717) is 17.9 Å². The van der Waals surface area contributed by atoms with Crippen LogP contribution in [0.2, 0.25) is 0 Å². The number of phenols is 1. The SMILES string of the molecule is CCOc1ccc(C(=O)NN=C(C)c2cccc(O)c2)cc1. The first-order valence-corrected chi connectivity index (χ1v) is 6.97. The molecule has 0 bridgehead atoms. The minimum absolute atomic E-state index is 0.157. The molecule has 5 heteroatoms. The third kappa shape index (κ3) is 4.09. The molecular weight excluding hydrogens is 280 g/mol. The second kappa shape index (κ2) is 7.26. The molecule has 0 saturated carbocycles. The van der Waals surface area contributed by atoms with Crippen LogP contribution in [0, 0.1) is 0 Å². The Morgan fingerprint density at radius 1 is 1.18 bits per heavy atom. The Kier molecular flexibility index (Phi) is 5.14. The van der Waals surface area contributed by atoms with Crippen molar-refractivity contribution in [2.24, 2.45) is 5.10 Å². The van der Waals surface area contributed by atoms with E-state index in [9.17, 15) is 9.90 Å². The first kappa shape index (κ1) is 15.6. The summed E-state index contributed by atoms with van der Waals surface area (Å²) in [7, 11) is 0. The van der Waals surface area contributed by atoms with Crippen molar-refractivity contribution in [3.63, 3.8) is 0 Å². The molecule has 0 aliphatic carbocycles. The fourth-order valence-corrected chi connectivity index (χ4v) is 1.86. The van der Waals surface area contributed by atoms with Crippen molar-refractivity contribution in [2.45, 2.75) is 13.8 Å². The normalized spacial score (nSPS) is 11.1. The number of nitrogens with one attached hydrogen (secondary N) is 1. The summed E-state index contributed by atoms with van der Waals surface area (Å²) in [6.45, 7) is 4.24. The lowest BCUT2D eigenvalue weighted by Crippen LogP contribution is -2.19. The monoisotopic (exact) mass is 298 g/mol.